The van der Waals surface area contributed by atoms with Crippen LogP contribution in [-0.2, 0) is 16.0 Å². The van der Waals surface area contributed by atoms with Gasteiger partial charge in [-0.1, -0.05) is 41.1 Å². The molecule has 1 N–H and O–H groups in total. The average molecular weight is 338 g/mol. The summed E-state index contributed by atoms with van der Waals surface area (Å²) >= 11 is 3.46. The number of ether oxygens (including phenoxy) is 1. The molecule has 1 aromatic carbocycles. The van der Waals surface area contributed by atoms with Crippen molar-refractivity contribution in [3.05, 3.63) is 46.0 Å². The zero-order chi connectivity index (χ0) is 14.5. The van der Waals surface area contributed by atoms with Gasteiger partial charge < -0.3 is 4.74 Å². The van der Waals surface area contributed by atoms with Gasteiger partial charge in [-0.3, -0.25) is 9.89 Å². The van der Waals surface area contributed by atoms with Crippen LogP contribution in [0.5, 0.6) is 0 Å². The van der Waals surface area contributed by atoms with E-state index in [4.69, 9.17) is 4.74 Å². The van der Waals surface area contributed by atoms with Crippen LogP contribution in [0.3, 0.4) is 0 Å². The highest BCUT2D eigenvalue weighted by Crippen LogP contribution is 2.29. The third-order valence-corrected chi connectivity index (χ3v) is 3.60. The summed E-state index contributed by atoms with van der Waals surface area (Å²) in [4.78, 5) is 16.6. The first-order valence-electron chi connectivity index (χ1n) is 6.49. The Morgan fingerprint density at radius 2 is 2.15 bits per heavy atom. The lowest BCUT2D eigenvalue weighted by Crippen LogP contribution is -2.19. The molecule has 2 aromatic rings. The van der Waals surface area contributed by atoms with Gasteiger partial charge >= 0.3 is 5.97 Å². The summed E-state index contributed by atoms with van der Waals surface area (Å²) in [6.45, 7) is 4.08. The minimum Gasteiger partial charge on any atom is -0.465 e. The fourth-order valence-corrected chi connectivity index (χ4v) is 2.42. The van der Waals surface area contributed by atoms with Gasteiger partial charge in [-0.05, 0) is 18.6 Å². The zero-order valence-corrected chi connectivity index (χ0v) is 13.0. The normalized spacial score (nSPS) is 12.2. The van der Waals surface area contributed by atoms with Crippen molar-refractivity contribution in [3.8, 4) is 0 Å². The van der Waals surface area contributed by atoms with Crippen LogP contribution >= 0.6 is 15.9 Å². The van der Waals surface area contributed by atoms with E-state index < -0.39 is 5.92 Å². The number of rotatable bonds is 5. The number of nitrogens with zero attached hydrogens (tertiary/aromatic N) is 2. The predicted molar refractivity (Wildman–Crippen MR) is 78.4 cm³/mol. The molecule has 5 nitrogen and oxygen atoms in total. The van der Waals surface area contributed by atoms with E-state index in [9.17, 15) is 4.79 Å². The number of carbonyl (C=O) groups excluding carboxylic acids is 1. The highest BCUT2D eigenvalue weighted by atomic mass is 79.9. The smallest absolute Gasteiger partial charge is 0.321 e. The van der Waals surface area contributed by atoms with Gasteiger partial charge in [0.1, 0.15) is 11.7 Å². The van der Waals surface area contributed by atoms with Crippen molar-refractivity contribution in [2.45, 2.75) is 26.2 Å². The van der Waals surface area contributed by atoms with Gasteiger partial charge in [0, 0.05) is 10.9 Å². The maximum Gasteiger partial charge on any atom is 0.321 e. The van der Waals surface area contributed by atoms with Crippen molar-refractivity contribution >= 4 is 21.9 Å². The molecule has 0 radical (unpaired) electrons. The number of halogens is 1. The van der Waals surface area contributed by atoms with Crippen molar-refractivity contribution in [2.75, 3.05) is 6.61 Å². The fourth-order valence-electron chi connectivity index (χ4n) is 1.90. The Morgan fingerprint density at radius 3 is 2.75 bits per heavy atom. The molecule has 0 spiro atoms. The van der Waals surface area contributed by atoms with E-state index in [1.165, 1.54) is 0 Å². The van der Waals surface area contributed by atoms with Gasteiger partial charge in [-0.15, -0.1) is 0 Å². The Kier molecular flexibility index (Phi) is 4.89. The largest absolute Gasteiger partial charge is 0.465 e. The fraction of sp³-hybridized carbons (Fsp3) is 0.357. The summed E-state index contributed by atoms with van der Waals surface area (Å²) in [5.41, 5.74) is 0.799. The lowest BCUT2D eigenvalue weighted by molar-refractivity contribution is -0.144. The molecule has 0 fully saturated rings. The molecule has 106 valence electrons. The third-order valence-electron chi connectivity index (χ3n) is 2.88. The number of esters is 1. The van der Waals surface area contributed by atoms with E-state index in [0.29, 0.717) is 12.4 Å². The molecular weight excluding hydrogens is 322 g/mol. The predicted octanol–water partition coefficient (Wildman–Crippen LogP) is 2.82. The van der Waals surface area contributed by atoms with Crippen molar-refractivity contribution in [1.29, 1.82) is 0 Å². The van der Waals surface area contributed by atoms with E-state index in [0.717, 1.165) is 22.3 Å². The van der Waals surface area contributed by atoms with Crippen molar-refractivity contribution in [2.24, 2.45) is 0 Å². The Labute approximate surface area is 125 Å². The number of hydrogen-bond donors (Lipinski definition) is 1. The molecule has 0 saturated carbocycles. The number of aromatic nitrogens is 3. The maximum atomic E-state index is 12.3. The molecule has 1 heterocycles. The van der Waals surface area contributed by atoms with E-state index in [1.807, 2.05) is 31.2 Å². The van der Waals surface area contributed by atoms with Gasteiger partial charge in [-0.2, -0.15) is 5.10 Å². The summed E-state index contributed by atoms with van der Waals surface area (Å²) in [6, 6.07) is 7.52. The molecule has 0 aliphatic heterocycles. The summed E-state index contributed by atoms with van der Waals surface area (Å²) in [5, 5.41) is 6.99. The third kappa shape index (κ3) is 3.07. The van der Waals surface area contributed by atoms with Crippen LogP contribution in [0.2, 0.25) is 0 Å². The Hall–Kier alpha value is -1.69. The van der Waals surface area contributed by atoms with E-state index in [-0.39, 0.29) is 5.97 Å². The SMILES string of the molecule is CCOC(=O)C(c1n[nH]c(CC)n1)c1ccccc1Br. The van der Waals surface area contributed by atoms with Gasteiger partial charge in [0.05, 0.1) is 6.61 Å². The number of H-pyrrole nitrogens is 1. The molecule has 0 amide bonds. The monoisotopic (exact) mass is 337 g/mol. The number of nitrogens with one attached hydrogen (secondary N) is 1. The molecule has 1 unspecified atom stereocenters. The molecule has 20 heavy (non-hydrogen) atoms. The van der Waals surface area contributed by atoms with Gasteiger partial charge in [0.15, 0.2) is 5.82 Å². The highest BCUT2D eigenvalue weighted by Gasteiger charge is 2.29. The van der Waals surface area contributed by atoms with Crippen LogP contribution < -0.4 is 0 Å². The van der Waals surface area contributed by atoms with E-state index >= 15 is 0 Å². The van der Waals surface area contributed by atoms with Crippen LogP contribution in [0, 0.1) is 0 Å². The van der Waals surface area contributed by atoms with Crippen LogP contribution in [-0.4, -0.2) is 27.8 Å². The number of aryl methyl sites for hydroxylation is 1. The zero-order valence-electron chi connectivity index (χ0n) is 11.4. The molecule has 0 bridgehead atoms. The number of hydrogen-bond acceptors (Lipinski definition) is 4. The molecule has 1 aromatic heterocycles. The number of carbonyl (C=O) groups is 1. The lowest BCUT2D eigenvalue weighted by atomic mass is 9.98. The van der Waals surface area contributed by atoms with E-state index in [2.05, 4.69) is 31.1 Å². The standard InChI is InChI=1S/C14H16BrN3O2/c1-3-11-16-13(18-17-11)12(14(19)20-4-2)9-7-5-6-8-10(9)15/h5-8,12H,3-4H2,1-2H3,(H,16,17,18). The summed E-state index contributed by atoms with van der Waals surface area (Å²) < 4.78 is 5.99. The summed E-state index contributed by atoms with van der Waals surface area (Å²) in [5.74, 6) is 0.219. The first-order valence-corrected chi connectivity index (χ1v) is 7.28. The van der Waals surface area contributed by atoms with Crippen LogP contribution in [0.15, 0.2) is 28.7 Å². The van der Waals surface area contributed by atoms with Crippen LogP contribution in [0.25, 0.3) is 0 Å². The van der Waals surface area contributed by atoms with Crippen molar-refractivity contribution in [1.82, 2.24) is 15.2 Å². The minimum atomic E-state index is -0.623. The lowest BCUT2D eigenvalue weighted by Gasteiger charge is -2.14. The van der Waals surface area contributed by atoms with Crippen molar-refractivity contribution in [3.63, 3.8) is 0 Å². The summed E-state index contributed by atoms with van der Waals surface area (Å²) in [7, 11) is 0. The quantitative estimate of drug-likeness (QED) is 0.852. The Morgan fingerprint density at radius 1 is 1.40 bits per heavy atom. The summed E-state index contributed by atoms with van der Waals surface area (Å²) in [6.07, 6.45) is 0.735. The highest BCUT2D eigenvalue weighted by molar-refractivity contribution is 9.10. The average Bonchev–Trinajstić information content (AvgIpc) is 2.90. The second kappa shape index (κ2) is 6.65. The molecular formula is C14H16BrN3O2. The van der Waals surface area contributed by atoms with Crippen LogP contribution in [0.4, 0.5) is 0 Å². The molecule has 2 rings (SSSR count). The number of benzene rings is 1. The maximum absolute atomic E-state index is 12.3. The Balaban J connectivity index is 2.44. The molecule has 0 aliphatic carbocycles. The minimum absolute atomic E-state index is 0.324. The topological polar surface area (TPSA) is 67.9 Å². The molecule has 0 aliphatic rings. The van der Waals surface area contributed by atoms with Crippen LogP contribution in [0.1, 0.15) is 37.0 Å². The Bertz CT molecular complexity index is 598. The molecule has 1 atom stereocenters. The molecule has 0 saturated heterocycles. The van der Waals surface area contributed by atoms with Gasteiger partial charge in [0.2, 0.25) is 0 Å². The van der Waals surface area contributed by atoms with Gasteiger partial charge in [-0.25, -0.2) is 4.98 Å². The van der Waals surface area contributed by atoms with Gasteiger partial charge in [0.25, 0.3) is 0 Å². The first-order chi connectivity index (χ1) is 9.67. The number of aromatic amines is 1. The molecule has 6 heteroatoms. The second-order valence-electron chi connectivity index (χ2n) is 4.20. The first kappa shape index (κ1) is 14.7. The second-order valence-corrected chi connectivity index (χ2v) is 5.05. The van der Waals surface area contributed by atoms with Crippen molar-refractivity contribution < 1.29 is 9.53 Å². The van der Waals surface area contributed by atoms with E-state index in [1.54, 1.807) is 6.92 Å².